The summed E-state index contributed by atoms with van der Waals surface area (Å²) < 4.78 is 10.7. The molecular formula is C30H28O8. The van der Waals surface area contributed by atoms with Crippen LogP contribution in [0.4, 0.5) is 0 Å². The van der Waals surface area contributed by atoms with Crippen LogP contribution in [0.5, 0.6) is 46.0 Å². The van der Waals surface area contributed by atoms with Gasteiger partial charge in [-0.25, -0.2) is 0 Å². The molecule has 0 saturated heterocycles. The SMILES string of the molecule is COc1cc([C@H](Cc2ccc(O)cc2O)c2cc(/C=C/c3cc(O)cc(O)c3)cc(OC)c2O)ccc1O. The molecule has 4 rings (SSSR count). The first-order valence-corrected chi connectivity index (χ1v) is 11.7. The van der Waals surface area contributed by atoms with E-state index in [2.05, 4.69) is 0 Å². The standard InChI is InChI=1S/C30H28O8/c1-37-28-14-19(6-8-26(28)34)24(13-20-5-7-21(31)16-27(20)35)25-11-18(12-29(38-2)30(25)36)4-3-17-9-22(32)15-23(33)10-17/h3-12,14-16,24,31-36H,13H2,1-2H3/b4-3+/t24-/m0/s1. The maximum Gasteiger partial charge on any atom is 0.161 e. The quantitative estimate of drug-likeness (QED) is 0.169. The molecular weight excluding hydrogens is 488 g/mol. The van der Waals surface area contributed by atoms with Gasteiger partial charge < -0.3 is 40.1 Å². The lowest BCUT2D eigenvalue weighted by molar-refractivity contribution is 0.368. The van der Waals surface area contributed by atoms with E-state index in [0.717, 1.165) is 0 Å². The summed E-state index contributed by atoms with van der Waals surface area (Å²) in [5, 5.41) is 61.1. The third-order valence-corrected chi connectivity index (χ3v) is 6.21. The van der Waals surface area contributed by atoms with Gasteiger partial charge in [0.05, 0.1) is 14.2 Å². The molecule has 0 bridgehead atoms. The highest BCUT2D eigenvalue weighted by Gasteiger charge is 2.24. The zero-order chi connectivity index (χ0) is 27.4. The summed E-state index contributed by atoms with van der Waals surface area (Å²) in [4.78, 5) is 0. The first-order chi connectivity index (χ1) is 18.2. The minimum Gasteiger partial charge on any atom is -0.508 e. The van der Waals surface area contributed by atoms with Gasteiger partial charge >= 0.3 is 0 Å². The summed E-state index contributed by atoms with van der Waals surface area (Å²) in [6.45, 7) is 0. The molecule has 0 aliphatic heterocycles. The predicted octanol–water partition coefficient (Wildman–Crippen LogP) is 5.48. The fraction of sp³-hybridized carbons (Fsp3) is 0.133. The van der Waals surface area contributed by atoms with Gasteiger partial charge in [0.25, 0.3) is 0 Å². The topological polar surface area (TPSA) is 140 Å². The van der Waals surface area contributed by atoms with Crippen molar-refractivity contribution < 1.29 is 40.1 Å². The summed E-state index contributed by atoms with van der Waals surface area (Å²) >= 11 is 0. The minimum atomic E-state index is -0.535. The molecule has 0 saturated carbocycles. The van der Waals surface area contributed by atoms with Gasteiger partial charge in [0, 0.05) is 23.6 Å². The van der Waals surface area contributed by atoms with Crippen LogP contribution < -0.4 is 9.47 Å². The van der Waals surface area contributed by atoms with Crippen LogP contribution in [-0.2, 0) is 6.42 Å². The molecule has 6 N–H and O–H groups in total. The molecule has 0 spiro atoms. The molecule has 0 heterocycles. The van der Waals surface area contributed by atoms with Crippen LogP contribution in [0.25, 0.3) is 12.2 Å². The predicted molar refractivity (Wildman–Crippen MR) is 143 cm³/mol. The Hall–Kier alpha value is -4.98. The van der Waals surface area contributed by atoms with Gasteiger partial charge in [-0.1, -0.05) is 24.3 Å². The van der Waals surface area contributed by atoms with E-state index in [1.54, 1.807) is 42.5 Å². The van der Waals surface area contributed by atoms with Crippen LogP contribution in [0.15, 0.2) is 66.7 Å². The van der Waals surface area contributed by atoms with Crippen molar-refractivity contribution in [3.05, 3.63) is 94.5 Å². The van der Waals surface area contributed by atoms with Gasteiger partial charge in [-0.2, -0.15) is 0 Å². The molecule has 0 fully saturated rings. The number of hydrogen-bond acceptors (Lipinski definition) is 8. The lowest BCUT2D eigenvalue weighted by atomic mass is 9.84. The number of hydrogen-bond donors (Lipinski definition) is 6. The fourth-order valence-electron chi connectivity index (χ4n) is 4.34. The van der Waals surface area contributed by atoms with Gasteiger partial charge in [0.2, 0.25) is 0 Å². The molecule has 0 radical (unpaired) electrons. The molecule has 196 valence electrons. The lowest BCUT2D eigenvalue weighted by Crippen LogP contribution is -2.07. The molecule has 0 aromatic heterocycles. The number of methoxy groups -OCH3 is 2. The second-order valence-corrected chi connectivity index (χ2v) is 8.78. The van der Waals surface area contributed by atoms with E-state index in [0.29, 0.717) is 27.8 Å². The van der Waals surface area contributed by atoms with E-state index >= 15 is 0 Å². The molecule has 1 atom stereocenters. The number of benzene rings is 4. The van der Waals surface area contributed by atoms with Crippen molar-refractivity contribution in [3.63, 3.8) is 0 Å². The Balaban J connectivity index is 1.86. The summed E-state index contributed by atoms with van der Waals surface area (Å²) in [6, 6.07) is 16.8. The maximum absolute atomic E-state index is 11.2. The largest absolute Gasteiger partial charge is 0.508 e. The second kappa shape index (κ2) is 11.0. The van der Waals surface area contributed by atoms with Crippen LogP contribution in [0.1, 0.15) is 33.7 Å². The van der Waals surface area contributed by atoms with Crippen LogP contribution in [0.3, 0.4) is 0 Å². The Morgan fingerprint density at radius 2 is 1.29 bits per heavy atom. The summed E-state index contributed by atoms with van der Waals surface area (Å²) in [6.07, 6.45) is 3.66. The smallest absolute Gasteiger partial charge is 0.161 e. The van der Waals surface area contributed by atoms with Crippen molar-refractivity contribution in [1.82, 2.24) is 0 Å². The molecule has 0 aliphatic rings. The summed E-state index contributed by atoms with van der Waals surface area (Å²) in [5.41, 5.74) is 2.90. The average Bonchev–Trinajstić information content (AvgIpc) is 2.88. The number of phenols is 6. The third-order valence-electron chi connectivity index (χ3n) is 6.21. The third kappa shape index (κ3) is 5.70. The first-order valence-electron chi connectivity index (χ1n) is 11.7. The van der Waals surface area contributed by atoms with Crippen LogP contribution >= 0.6 is 0 Å². The second-order valence-electron chi connectivity index (χ2n) is 8.78. The molecule has 0 aliphatic carbocycles. The van der Waals surface area contributed by atoms with E-state index in [-0.39, 0.29) is 52.4 Å². The Morgan fingerprint density at radius 1 is 0.632 bits per heavy atom. The molecule has 4 aromatic carbocycles. The van der Waals surface area contributed by atoms with E-state index in [1.165, 1.54) is 50.6 Å². The van der Waals surface area contributed by atoms with Crippen LogP contribution in [-0.4, -0.2) is 44.9 Å². The van der Waals surface area contributed by atoms with Gasteiger partial charge in [-0.05, 0) is 71.1 Å². The molecule has 38 heavy (non-hydrogen) atoms. The monoisotopic (exact) mass is 516 g/mol. The first kappa shape index (κ1) is 26.1. The minimum absolute atomic E-state index is 0.0460. The Labute approximate surface area is 219 Å². The summed E-state index contributed by atoms with van der Waals surface area (Å²) in [5.74, 6) is -0.569. The van der Waals surface area contributed by atoms with E-state index in [1.807, 2.05) is 0 Å². The molecule has 0 amide bonds. The Morgan fingerprint density at radius 3 is 1.92 bits per heavy atom. The number of ether oxygens (including phenoxy) is 2. The van der Waals surface area contributed by atoms with Crippen molar-refractivity contribution >= 4 is 12.2 Å². The molecule has 4 aromatic rings. The van der Waals surface area contributed by atoms with Crippen LogP contribution in [0, 0.1) is 0 Å². The number of rotatable bonds is 8. The van der Waals surface area contributed by atoms with Crippen molar-refractivity contribution in [3.8, 4) is 46.0 Å². The maximum atomic E-state index is 11.2. The van der Waals surface area contributed by atoms with Crippen molar-refractivity contribution in [2.24, 2.45) is 0 Å². The summed E-state index contributed by atoms with van der Waals surface area (Å²) in [7, 11) is 2.87. The van der Waals surface area contributed by atoms with Crippen LogP contribution in [0.2, 0.25) is 0 Å². The van der Waals surface area contributed by atoms with Gasteiger partial charge in [-0.15, -0.1) is 0 Å². The highest BCUT2D eigenvalue weighted by Crippen LogP contribution is 2.43. The Kier molecular flexibility index (Phi) is 7.53. The number of phenolic OH excluding ortho intramolecular Hbond substituents is 6. The Bertz CT molecular complexity index is 1470. The van der Waals surface area contributed by atoms with E-state index in [9.17, 15) is 30.6 Å². The molecule has 8 nitrogen and oxygen atoms in total. The fourth-order valence-corrected chi connectivity index (χ4v) is 4.34. The van der Waals surface area contributed by atoms with Gasteiger partial charge in [0.1, 0.15) is 23.0 Å². The van der Waals surface area contributed by atoms with Gasteiger partial charge in [-0.3, -0.25) is 0 Å². The van der Waals surface area contributed by atoms with Crippen molar-refractivity contribution in [1.29, 1.82) is 0 Å². The molecule has 0 unspecified atom stereocenters. The number of aromatic hydroxyl groups is 6. The van der Waals surface area contributed by atoms with E-state index < -0.39 is 5.92 Å². The van der Waals surface area contributed by atoms with Crippen molar-refractivity contribution in [2.75, 3.05) is 14.2 Å². The van der Waals surface area contributed by atoms with Crippen molar-refractivity contribution in [2.45, 2.75) is 12.3 Å². The molecule has 8 heteroatoms. The zero-order valence-electron chi connectivity index (χ0n) is 20.8. The normalized spacial score (nSPS) is 11.9. The average molecular weight is 517 g/mol. The zero-order valence-corrected chi connectivity index (χ0v) is 20.8. The highest BCUT2D eigenvalue weighted by atomic mass is 16.5. The van der Waals surface area contributed by atoms with E-state index in [4.69, 9.17) is 9.47 Å². The lowest BCUT2D eigenvalue weighted by Gasteiger charge is -2.22. The highest BCUT2D eigenvalue weighted by molar-refractivity contribution is 5.73. The van der Waals surface area contributed by atoms with Gasteiger partial charge in [0.15, 0.2) is 23.0 Å².